The van der Waals surface area contributed by atoms with Crippen LogP contribution in [0, 0.1) is 17.1 Å². The third-order valence-electron chi connectivity index (χ3n) is 2.25. The monoisotopic (exact) mass is 290 g/mol. The molecule has 2 aromatic carbocycles. The standard InChI is InChI=1S/C13H8BrFN2/c14-10-5-6-12(9(7-10)8-16)17-13-4-2-1-3-11(13)15/h1-7,17H. The summed E-state index contributed by atoms with van der Waals surface area (Å²) in [6.07, 6.45) is 0. The Morgan fingerprint density at radius 2 is 1.88 bits per heavy atom. The largest absolute Gasteiger partial charge is 0.352 e. The number of nitrogens with one attached hydrogen (secondary N) is 1. The van der Waals surface area contributed by atoms with Gasteiger partial charge in [0.25, 0.3) is 0 Å². The summed E-state index contributed by atoms with van der Waals surface area (Å²) in [6, 6.07) is 13.6. The topological polar surface area (TPSA) is 35.8 Å². The van der Waals surface area contributed by atoms with Crippen LogP contribution >= 0.6 is 15.9 Å². The van der Waals surface area contributed by atoms with E-state index in [4.69, 9.17) is 5.26 Å². The molecule has 0 atom stereocenters. The van der Waals surface area contributed by atoms with E-state index in [0.717, 1.165) is 4.47 Å². The van der Waals surface area contributed by atoms with E-state index in [1.54, 1.807) is 36.4 Å². The maximum atomic E-state index is 13.4. The molecule has 0 saturated heterocycles. The van der Waals surface area contributed by atoms with Gasteiger partial charge in [-0.1, -0.05) is 28.1 Å². The van der Waals surface area contributed by atoms with Gasteiger partial charge in [0.05, 0.1) is 16.9 Å². The molecular formula is C13H8BrFN2. The molecule has 4 heteroatoms. The third-order valence-corrected chi connectivity index (χ3v) is 2.74. The molecule has 2 aromatic rings. The lowest BCUT2D eigenvalue weighted by Crippen LogP contribution is -1.95. The molecule has 84 valence electrons. The smallest absolute Gasteiger partial charge is 0.146 e. The van der Waals surface area contributed by atoms with Crippen molar-refractivity contribution >= 4 is 27.3 Å². The Kier molecular flexibility index (Phi) is 3.40. The van der Waals surface area contributed by atoms with Crippen LogP contribution in [-0.4, -0.2) is 0 Å². The predicted molar refractivity (Wildman–Crippen MR) is 68.5 cm³/mol. The van der Waals surface area contributed by atoms with Crippen molar-refractivity contribution in [2.75, 3.05) is 5.32 Å². The molecular weight excluding hydrogens is 283 g/mol. The minimum absolute atomic E-state index is 0.348. The second kappa shape index (κ2) is 4.98. The van der Waals surface area contributed by atoms with E-state index in [0.29, 0.717) is 16.9 Å². The van der Waals surface area contributed by atoms with Gasteiger partial charge in [-0.3, -0.25) is 0 Å². The molecule has 0 unspecified atom stereocenters. The number of nitrogens with zero attached hydrogens (tertiary/aromatic N) is 1. The predicted octanol–water partition coefficient (Wildman–Crippen LogP) is 4.20. The molecule has 0 amide bonds. The Morgan fingerprint density at radius 3 is 2.59 bits per heavy atom. The molecule has 17 heavy (non-hydrogen) atoms. The first-order valence-corrected chi connectivity index (χ1v) is 5.71. The SMILES string of the molecule is N#Cc1cc(Br)ccc1Nc1ccccc1F. The number of para-hydroxylation sites is 1. The summed E-state index contributed by atoms with van der Waals surface area (Å²) in [5, 5.41) is 11.9. The molecule has 0 aliphatic rings. The minimum atomic E-state index is -0.348. The number of nitriles is 1. The molecule has 0 fully saturated rings. The van der Waals surface area contributed by atoms with Gasteiger partial charge in [-0.15, -0.1) is 0 Å². The van der Waals surface area contributed by atoms with Gasteiger partial charge in [-0.25, -0.2) is 4.39 Å². The molecule has 0 aliphatic carbocycles. The average molecular weight is 291 g/mol. The first-order valence-electron chi connectivity index (χ1n) is 4.92. The van der Waals surface area contributed by atoms with Gasteiger partial charge in [0.1, 0.15) is 11.9 Å². The fourth-order valence-electron chi connectivity index (χ4n) is 1.43. The highest BCUT2D eigenvalue weighted by Crippen LogP contribution is 2.25. The number of anilines is 2. The summed E-state index contributed by atoms with van der Waals surface area (Å²) in [5.74, 6) is -0.348. The Labute approximate surface area is 107 Å². The highest BCUT2D eigenvalue weighted by atomic mass is 79.9. The van der Waals surface area contributed by atoms with Crippen molar-refractivity contribution in [3.8, 4) is 6.07 Å². The highest BCUT2D eigenvalue weighted by Gasteiger charge is 2.05. The van der Waals surface area contributed by atoms with Crippen LogP contribution < -0.4 is 5.32 Å². The van der Waals surface area contributed by atoms with E-state index in [-0.39, 0.29) is 5.82 Å². The average Bonchev–Trinajstić information content (AvgIpc) is 2.34. The van der Waals surface area contributed by atoms with Crippen molar-refractivity contribution < 1.29 is 4.39 Å². The van der Waals surface area contributed by atoms with Gasteiger partial charge >= 0.3 is 0 Å². The Balaban J connectivity index is 2.37. The first-order chi connectivity index (χ1) is 8.20. The van der Waals surface area contributed by atoms with E-state index in [9.17, 15) is 4.39 Å². The zero-order valence-corrected chi connectivity index (χ0v) is 10.3. The second-order valence-corrected chi connectivity index (χ2v) is 4.32. The Hall–Kier alpha value is -1.86. The number of hydrogen-bond acceptors (Lipinski definition) is 2. The highest BCUT2D eigenvalue weighted by molar-refractivity contribution is 9.10. The molecule has 0 spiro atoms. The third kappa shape index (κ3) is 2.63. The van der Waals surface area contributed by atoms with Crippen LogP contribution in [0.4, 0.5) is 15.8 Å². The molecule has 0 heterocycles. The fourth-order valence-corrected chi connectivity index (χ4v) is 1.79. The van der Waals surface area contributed by atoms with Crippen molar-refractivity contribution in [3.63, 3.8) is 0 Å². The molecule has 0 aromatic heterocycles. The van der Waals surface area contributed by atoms with Gasteiger partial charge in [0.15, 0.2) is 0 Å². The normalized spacial score (nSPS) is 9.71. The summed E-state index contributed by atoms with van der Waals surface area (Å²) < 4.78 is 14.2. The summed E-state index contributed by atoms with van der Waals surface area (Å²) >= 11 is 3.28. The Morgan fingerprint density at radius 1 is 1.12 bits per heavy atom. The van der Waals surface area contributed by atoms with Crippen LogP contribution in [0.2, 0.25) is 0 Å². The van der Waals surface area contributed by atoms with E-state index in [2.05, 4.69) is 27.3 Å². The van der Waals surface area contributed by atoms with Crippen LogP contribution in [0.5, 0.6) is 0 Å². The second-order valence-electron chi connectivity index (χ2n) is 3.41. The lowest BCUT2D eigenvalue weighted by atomic mass is 10.2. The van der Waals surface area contributed by atoms with Crippen molar-refractivity contribution in [1.82, 2.24) is 0 Å². The zero-order valence-electron chi connectivity index (χ0n) is 8.74. The summed E-state index contributed by atoms with van der Waals surface area (Å²) in [6.45, 7) is 0. The van der Waals surface area contributed by atoms with Gasteiger partial charge in [0.2, 0.25) is 0 Å². The first kappa shape index (κ1) is 11.6. The van der Waals surface area contributed by atoms with Crippen molar-refractivity contribution in [2.45, 2.75) is 0 Å². The van der Waals surface area contributed by atoms with Crippen molar-refractivity contribution in [1.29, 1.82) is 5.26 Å². The van der Waals surface area contributed by atoms with Gasteiger partial charge in [0, 0.05) is 4.47 Å². The van der Waals surface area contributed by atoms with Crippen LogP contribution in [0.1, 0.15) is 5.56 Å². The van der Waals surface area contributed by atoms with Crippen LogP contribution in [-0.2, 0) is 0 Å². The lowest BCUT2D eigenvalue weighted by molar-refractivity contribution is 0.632. The van der Waals surface area contributed by atoms with E-state index in [1.165, 1.54) is 6.07 Å². The van der Waals surface area contributed by atoms with Crippen molar-refractivity contribution in [2.24, 2.45) is 0 Å². The van der Waals surface area contributed by atoms with Crippen LogP contribution in [0.25, 0.3) is 0 Å². The molecule has 0 saturated carbocycles. The maximum absolute atomic E-state index is 13.4. The summed E-state index contributed by atoms with van der Waals surface area (Å²) in [7, 11) is 0. The zero-order chi connectivity index (χ0) is 12.3. The van der Waals surface area contributed by atoms with Gasteiger partial charge in [-0.05, 0) is 30.3 Å². The molecule has 2 nitrogen and oxygen atoms in total. The molecule has 1 N–H and O–H groups in total. The summed E-state index contributed by atoms with van der Waals surface area (Å²) in [4.78, 5) is 0. The van der Waals surface area contributed by atoms with Gasteiger partial charge < -0.3 is 5.32 Å². The molecule has 0 radical (unpaired) electrons. The molecule has 2 rings (SSSR count). The van der Waals surface area contributed by atoms with Crippen molar-refractivity contribution in [3.05, 3.63) is 58.3 Å². The van der Waals surface area contributed by atoms with E-state index >= 15 is 0 Å². The number of rotatable bonds is 2. The number of benzene rings is 2. The quantitative estimate of drug-likeness (QED) is 0.900. The molecule has 0 aliphatic heterocycles. The molecule has 0 bridgehead atoms. The van der Waals surface area contributed by atoms with Gasteiger partial charge in [-0.2, -0.15) is 5.26 Å². The number of halogens is 2. The van der Waals surface area contributed by atoms with E-state index < -0.39 is 0 Å². The minimum Gasteiger partial charge on any atom is -0.352 e. The van der Waals surface area contributed by atoms with Crippen LogP contribution in [0.15, 0.2) is 46.9 Å². The Bertz CT molecular complexity index is 590. The maximum Gasteiger partial charge on any atom is 0.146 e. The van der Waals surface area contributed by atoms with E-state index in [1.807, 2.05) is 0 Å². The lowest BCUT2D eigenvalue weighted by Gasteiger charge is -2.09. The fraction of sp³-hybridized carbons (Fsp3) is 0. The number of hydrogen-bond donors (Lipinski definition) is 1. The summed E-state index contributed by atoms with van der Waals surface area (Å²) in [5.41, 5.74) is 1.40. The van der Waals surface area contributed by atoms with Crippen LogP contribution in [0.3, 0.4) is 0 Å².